The molecule has 1 heterocycles. The lowest BCUT2D eigenvalue weighted by molar-refractivity contribution is -0.384. The Kier molecular flexibility index (Phi) is 5.45. The number of anilines is 1. The van der Waals surface area contributed by atoms with Gasteiger partial charge in [-0.05, 0) is 31.2 Å². The van der Waals surface area contributed by atoms with E-state index in [1.54, 1.807) is 36.5 Å². The minimum atomic E-state index is -1.08. The molecule has 0 aliphatic rings. The molecule has 1 atom stereocenters. The molecule has 0 spiro atoms. The molecular weight excluding hydrogens is 364 g/mol. The van der Waals surface area contributed by atoms with E-state index in [1.165, 1.54) is 36.1 Å². The first-order valence-corrected chi connectivity index (χ1v) is 8.29. The van der Waals surface area contributed by atoms with Gasteiger partial charge in [-0.25, -0.2) is 9.78 Å². The molecule has 1 N–H and O–H groups in total. The van der Waals surface area contributed by atoms with Crippen LogP contribution < -0.4 is 5.32 Å². The van der Waals surface area contributed by atoms with Gasteiger partial charge in [-0.2, -0.15) is 0 Å². The van der Waals surface area contributed by atoms with E-state index in [0.29, 0.717) is 5.69 Å². The van der Waals surface area contributed by atoms with Crippen molar-refractivity contribution in [2.75, 3.05) is 5.32 Å². The zero-order valence-corrected chi connectivity index (χ0v) is 14.8. The Hall–Kier alpha value is -4.01. The largest absolute Gasteiger partial charge is 0.449 e. The molecule has 1 amide bonds. The molecule has 0 saturated heterocycles. The highest BCUT2D eigenvalue weighted by atomic mass is 16.6. The predicted molar refractivity (Wildman–Crippen MR) is 100 cm³/mol. The summed E-state index contributed by atoms with van der Waals surface area (Å²) in [6.45, 7) is 1.42. The lowest BCUT2D eigenvalue weighted by Gasteiger charge is -2.14. The van der Waals surface area contributed by atoms with Crippen molar-refractivity contribution >= 4 is 23.3 Å². The first kappa shape index (κ1) is 18.8. The molecule has 2 aromatic carbocycles. The van der Waals surface area contributed by atoms with Crippen molar-refractivity contribution in [2.45, 2.75) is 13.0 Å². The predicted octanol–water partition coefficient (Wildman–Crippen LogP) is 2.96. The van der Waals surface area contributed by atoms with Crippen molar-refractivity contribution in [3.05, 3.63) is 82.9 Å². The van der Waals surface area contributed by atoms with Crippen molar-refractivity contribution in [1.82, 2.24) is 9.55 Å². The number of amides is 1. The molecule has 9 heteroatoms. The molecular formula is C19H16N4O5. The number of para-hydroxylation sites is 1. The van der Waals surface area contributed by atoms with Crippen LogP contribution in [0.3, 0.4) is 0 Å². The number of hydrogen-bond acceptors (Lipinski definition) is 6. The van der Waals surface area contributed by atoms with Crippen LogP contribution in [-0.2, 0) is 9.53 Å². The van der Waals surface area contributed by atoms with E-state index in [9.17, 15) is 19.7 Å². The Labute approximate surface area is 159 Å². The Morgan fingerprint density at radius 2 is 1.96 bits per heavy atom. The van der Waals surface area contributed by atoms with Gasteiger partial charge in [0.2, 0.25) is 0 Å². The van der Waals surface area contributed by atoms with Gasteiger partial charge in [0.05, 0.1) is 16.8 Å². The summed E-state index contributed by atoms with van der Waals surface area (Å²) in [6, 6.07) is 12.6. The van der Waals surface area contributed by atoms with Gasteiger partial charge < -0.3 is 14.6 Å². The minimum absolute atomic E-state index is 0.0325. The molecule has 0 aliphatic carbocycles. The van der Waals surface area contributed by atoms with Crippen molar-refractivity contribution in [3.8, 4) is 5.69 Å². The maximum Gasteiger partial charge on any atom is 0.339 e. The van der Waals surface area contributed by atoms with Crippen LogP contribution in [0.5, 0.6) is 0 Å². The zero-order valence-electron chi connectivity index (χ0n) is 14.8. The standard InChI is InChI=1S/C19H16N4O5/c1-13(18(24)21-15-5-3-2-4-6-15)28-19(25)14-7-8-16(17(11-14)23(26)27)22-10-9-20-12-22/h2-13H,1H3,(H,21,24). The highest BCUT2D eigenvalue weighted by Gasteiger charge is 2.23. The monoisotopic (exact) mass is 380 g/mol. The quantitative estimate of drug-likeness (QED) is 0.399. The van der Waals surface area contributed by atoms with Crippen LogP contribution >= 0.6 is 0 Å². The van der Waals surface area contributed by atoms with Gasteiger partial charge in [-0.15, -0.1) is 0 Å². The summed E-state index contributed by atoms with van der Waals surface area (Å²) in [7, 11) is 0. The van der Waals surface area contributed by atoms with E-state index >= 15 is 0 Å². The number of nitrogens with one attached hydrogen (secondary N) is 1. The molecule has 142 valence electrons. The second-order valence-corrected chi connectivity index (χ2v) is 5.83. The van der Waals surface area contributed by atoms with Crippen LogP contribution in [0.2, 0.25) is 0 Å². The number of imidazole rings is 1. The molecule has 28 heavy (non-hydrogen) atoms. The van der Waals surface area contributed by atoms with E-state index in [0.717, 1.165) is 6.07 Å². The van der Waals surface area contributed by atoms with Crippen LogP contribution in [0, 0.1) is 10.1 Å². The Morgan fingerprint density at radius 1 is 1.21 bits per heavy atom. The highest BCUT2D eigenvalue weighted by Crippen LogP contribution is 2.24. The summed E-state index contributed by atoms with van der Waals surface area (Å²) in [5.74, 6) is -1.35. The SMILES string of the molecule is CC(OC(=O)c1ccc(-n2ccnc2)c([N+](=O)[O-])c1)C(=O)Nc1ccccc1. The van der Waals surface area contributed by atoms with Crippen LogP contribution in [0.15, 0.2) is 67.3 Å². The Balaban J connectivity index is 1.74. The van der Waals surface area contributed by atoms with Crippen LogP contribution in [0.4, 0.5) is 11.4 Å². The number of carbonyl (C=O) groups is 2. The lowest BCUT2D eigenvalue weighted by atomic mass is 10.1. The molecule has 0 saturated carbocycles. The van der Waals surface area contributed by atoms with Crippen LogP contribution in [0.1, 0.15) is 17.3 Å². The second kappa shape index (κ2) is 8.12. The summed E-state index contributed by atoms with van der Waals surface area (Å²) in [5, 5.41) is 14.0. The van der Waals surface area contributed by atoms with E-state index < -0.39 is 22.9 Å². The molecule has 1 unspecified atom stereocenters. The van der Waals surface area contributed by atoms with Gasteiger partial charge in [0.1, 0.15) is 5.69 Å². The summed E-state index contributed by atoms with van der Waals surface area (Å²) < 4.78 is 6.60. The van der Waals surface area contributed by atoms with Crippen molar-refractivity contribution in [1.29, 1.82) is 0 Å². The average Bonchev–Trinajstić information content (AvgIpc) is 3.22. The van der Waals surface area contributed by atoms with E-state index in [2.05, 4.69) is 10.3 Å². The number of aromatic nitrogens is 2. The van der Waals surface area contributed by atoms with Gasteiger partial charge in [0.25, 0.3) is 11.6 Å². The molecule has 1 aromatic heterocycles. The normalized spacial score (nSPS) is 11.5. The number of nitrogens with zero attached hydrogens (tertiary/aromatic N) is 3. The Bertz CT molecular complexity index is 1000. The van der Waals surface area contributed by atoms with Crippen LogP contribution in [-0.4, -0.2) is 32.5 Å². The smallest absolute Gasteiger partial charge is 0.339 e. The van der Waals surface area contributed by atoms with Crippen molar-refractivity contribution < 1.29 is 19.2 Å². The number of rotatable bonds is 6. The fourth-order valence-electron chi connectivity index (χ4n) is 2.46. The number of hydrogen-bond donors (Lipinski definition) is 1. The third-order valence-electron chi connectivity index (χ3n) is 3.88. The van der Waals surface area contributed by atoms with E-state index in [4.69, 9.17) is 4.74 Å². The minimum Gasteiger partial charge on any atom is -0.449 e. The fraction of sp³-hybridized carbons (Fsp3) is 0.105. The van der Waals surface area contributed by atoms with Gasteiger partial charge in [0, 0.05) is 24.1 Å². The number of carbonyl (C=O) groups excluding carboxylic acids is 2. The molecule has 0 bridgehead atoms. The molecule has 3 aromatic rings. The number of nitro groups is 1. The average molecular weight is 380 g/mol. The van der Waals surface area contributed by atoms with E-state index in [1.807, 2.05) is 0 Å². The number of nitro benzene ring substituents is 1. The van der Waals surface area contributed by atoms with Gasteiger partial charge in [0.15, 0.2) is 6.10 Å². The number of esters is 1. The third kappa shape index (κ3) is 4.21. The molecule has 0 aliphatic heterocycles. The first-order chi connectivity index (χ1) is 13.5. The maximum atomic E-state index is 12.3. The summed E-state index contributed by atoms with van der Waals surface area (Å²) in [6.07, 6.45) is 3.37. The third-order valence-corrected chi connectivity index (χ3v) is 3.88. The van der Waals surface area contributed by atoms with Gasteiger partial charge >= 0.3 is 5.97 Å². The van der Waals surface area contributed by atoms with Crippen molar-refractivity contribution in [3.63, 3.8) is 0 Å². The molecule has 9 nitrogen and oxygen atoms in total. The first-order valence-electron chi connectivity index (χ1n) is 8.29. The summed E-state index contributed by atoms with van der Waals surface area (Å²) >= 11 is 0. The summed E-state index contributed by atoms with van der Waals surface area (Å²) in [5.41, 5.74) is 0.508. The maximum absolute atomic E-state index is 12.3. The molecule has 3 rings (SSSR count). The molecule has 0 radical (unpaired) electrons. The summed E-state index contributed by atoms with van der Waals surface area (Å²) in [4.78, 5) is 39.1. The van der Waals surface area contributed by atoms with Gasteiger partial charge in [-0.3, -0.25) is 14.9 Å². The topological polar surface area (TPSA) is 116 Å². The van der Waals surface area contributed by atoms with E-state index in [-0.39, 0.29) is 16.9 Å². The fourth-order valence-corrected chi connectivity index (χ4v) is 2.46. The number of ether oxygens (including phenoxy) is 1. The number of benzene rings is 2. The van der Waals surface area contributed by atoms with Crippen molar-refractivity contribution in [2.24, 2.45) is 0 Å². The van der Waals surface area contributed by atoms with Crippen LogP contribution in [0.25, 0.3) is 5.69 Å². The van der Waals surface area contributed by atoms with Gasteiger partial charge in [-0.1, -0.05) is 18.2 Å². The second-order valence-electron chi connectivity index (χ2n) is 5.83. The highest BCUT2D eigenvalue weighted by molar-refractivity contribution is 5.97. The molecule has 0 fully saturated rings. The Morgan fingerprint density at radius 3 is 2.61 bits per heavy atom. The zero-order chi connectivity index (χ0) is 20.1. The lowest BCUT2D eigenvalue weighted by Crippen LogP contribution is -2.30.